The van der Waals surface area contributed by atoms with E-state index in [1.54, 1.807) is 0 Å². The van der Waals surface area contributed by atoms with Gasteiger partial charge in [-0.3, -0.25) is 0 Å². The molecule has 1 aromatic heterocycles. The fourth-order valence-corrected chi connectivity index (χ4v) is 2.81. The predicted molar refractivity (Wildman–Crippen MR) is 68.3 cm³/mol. The maximum Gasteiger partial charge on any atom is 0.131 e. The molecule has 1 aliphatic carbocycles. The van der Waals surface area contributed by atoms with Crippen molar-refractivity contribution >= 4 is 5.69 Å². The fourth-order valence-electron chi connectivity index (χ4n) is 2.81. The molecule has 1 N–H and O–H groups in total. The van der Waals surface area contributed by atoms with E-state index in [9.17, 15) is 0 Å². The minimum Gasteiger partial charge on any atom is -0.366 e. The quantitative estimate of drug-likeness (QED) is 0.840. The highest BCUT2D eigenvalue weighted by Crippen LogP contribution is 2.32. The van der Waals surface area contributed by atoms with E-state index in [2.05, 4.69) is 20.2 Å². The summed E-state index contributed by atoms with van der Waals surface area (Å²) in [5, 5.41) is 3.36. The Labute approximate surface area is 102 Å². The molecular formula is C13H20N4. The summed E-state index contributed by atoms with van der Waals surface area (Å²) >= 11 is 0. The molecular weight excluding hydrogens is 212 g/mol. The molecule has 2 aliphatic rings. The Morgan fingerprint density at radius 1 is 1.06 bits per heavy atom. The zero-order valence-electron chi connectivity index (χ0n) is 10.2. The van der Waals surface area contributed by atoms with Gasteiger partial charge in [-0.1, -0.05) is 12.8 Å². The van der Waals surface area contributed by atoms with Crippen LogP contribution in [0.25, 0.3) is 0 Å². The monoisotopic (exact) mass is 232 g/mol. The average Bonchev–Trinajstić information content (AvgIpc) is 2.94. The maximum atomic E-state index is 4.56. The molecule has 1 saturated carbocycles. The number of nitrogens with one attached hydrogen (secondary N) is 1. The van der Waals surface area contributed by atoms with Crippen molar-refractivity contribution in [2.24, 2.45) is 0 Å². The summed E-state index contributed by atoms with van der Waals surface area (Å²) in [6.07, 6.45) is 9.24. The van der Waals surface area contributed by atoms with Gasteiger partial charge in [-0.05, 0) is 12.8 Å². The second-order valence-electron chi connectivity index (χ2n) is 5.02. The van der Waals surface area contributed by atoms with Gasteiger partial charge in [-0.2, -0.15) is 0 Å². The van der Waals surface area contributed by atoms with Gasteiger partial charge in [0.15, 0.2) is 0 Å². The van der Waals surface area contributed by atoms with Crippen molar-refractivity contribution in [3.63, 3.8) is 0 Å². The summed E-state index contributed by atoms with van der Waals surface area (Å²) < 4.78 is 0. The molecule has 2 fully saturated rings. The molecule has 1 aliphatic heterocycles. The van der Waals surface area contributed by atoms with E-state index in [1.165, 1.54) is 31.4 Å². The Kier molecular flexibility index (Phi) is 3.22. The van der Waals surface area contributed by atoms with Crippen LogP contribution >= 0.6 is 0 Å². The molecule has 3 rings (SSSR count). The van der Waals surface area contributed by atoms with Gasteiger partial charge in [-0.15, -0.1) is 0 Å². The van der Waals surface area contributed by atoms with Gasteiger partial charge in [0.05, 0.1) is 18.1 Å². The fraction of sp³-hybridized carbons (Fsp3) is 0.692. The second kappa shape index (κ2) is 5.00. The number of hydrogen-bond donors (Lipinski definition) is 1. The molecule has 0 spiro atoms. The summed E-state index contributed by atoms with van der Waals surface area (Å²) in [5.74, 6) is 1.67. The van der Waals surface area contributed by atoms with E-state index in [1.807, 2.05) is 12.4 Å². The normalized spacial score (nSPS) is 22.0. The number of aromatic nitrogens is 2. The Balaban J connectivity index is 1.70. The van der Waals surface area contributed by atoms with Crippen LogP contribution in [0.3, 0.4) is 0 Å². The third-order valence-electron chi connectivity index (χ3n) is 3.86. The van der Waals surface area contributed by atoms with Crippen molar-refractivity contribution < 1.29 is 0 Å². The first-order valence-corrected chi connectivity index (χ1v) is 6.71. The van der Waals surface area contributed by atoms with Crippen LogP contribution in [-0.2, 0) is 0 Å². The summed E-state index contributed by atoms with van der Waals surface area (Å²) in [5.41, 5.74) is 1.17. The van der Waals surface area contributed by atoms with Crippen molar-refractivity contribution in [3.05, 3.63) is 18.2 Å². The molecule has 17 heavy (non-hydrogen) atoms. The summed E-state index contributed by atoms with van der Waals surface area (Å²) in [7, 11) is 0. The molecule has 4 heteroatoms. The van der Waals surface area contributed by atoms with E-state index in [0.29, 0.717) is 5.92 Å². The molecule has 0 atom stereocenters. The molecule has 0 radical (unpaired) electrons. The predicted octanol–water partition coefficient (Wildman–Crippen LogP) is 1.54. The molecule has 0 aromatic carbocycles. The highest BCUT2D eigenvalue weighted by molar-refractivity contribution is 5.42. The van der Waals surface area contributed by atoms with Crippen molar-refractivity contribution in [3.8, 4) is 0 Å². The Morgan fingerprint density at radius 3 is 2.35 bits per heavy atom. The Bertz CT molecular complexity index is 350. The lowest BCUT2D eigenvalue weighted by Crippen LogP contribution is -2.43. The lowest BCUT2D eigenvalue weighted by atomic mass is 10.1. The lowest BCUT2D eigenvalue weighted by Gasteiger charge is -2.28. The summed E-state index contributed by atoms with van der Waals surface area (Å²) in [6, 6.07) is 0. The first-order valence-electron chi connectivity index (χ1n) is 6.71. The maximum absolute atomic E-state index is 4.56. The van der Waals surface area contributed by atoms with Crippen LogP contribution in [0.4, 0.5) is 5.69 Å². The molecule has 1 aromatic rings. The number of anilines is 1. The van der Waals surface area contributed by atoms with E-state index in [0.717, 1.165) is 32.0 Å². The Morgan fingerprint density at radius 2 is 1.71 bits per heavy atom. The zero-order valence-corrected chi connectivity index (χ0v) is 10.2. The standard InChI is InChI=1S/C13H20N4/c1-2-4-11(3-1)13-15-9-12(10-16-13)17-7-5-14-6-8-17/h9-11,14H,1-8H2. The van der Waals surface area contributed by atoms with Crippen LogP contribution in [0, 0.1) is 0 Å². The average molecular weight is 232 g/mol. The van der Waals surface area contributed by atoms with E-state index < -0.39 is 0 Å². The molecule has 2 heterocycles. The van der Waals surface area contributed by atoms with Crippen LogP contribution in [0.15, 0.2) is 12.4 Å². The van der Waals surface area contributed by atoms with Crippen molar-refractivity contribution in [1.82, 2.24) is 15.3 Å². The molecule has 92 valence electrons. The Hall–Kier alpha value is -1.16. The van der Waals surface area contributed by atoms with Crippen molar-refractivity contribution in [2.45, 2.75) is 31.6 Å². The van der Waals surface area contributed by atoms with Crippen LogP contribution in [0.5, 0.6) is 0 Å². The first-order chi connectivity index (χ1) is 8.43. The zero-order chi connectivity index (χ0) is 11.5. The number of rotatable bonds is 2. The highest BCUT2D eigenvalue weighted by Gasteiger charge is 2.20. The first kappa shape index (κ1) is 11.0. The number of piperazine rings is 1. The van der Waals surface area contributed by atoms with Gasteiger partial charge < -0.3 is 10.2 Å². The van der Waals surface area contributed by atoms with Gasteiger partial charge in [0.25, 0.3) is 0 Å². The smallest absolute Gasteiger partial charge is 0.131 e. The molecule has 0 amide bonds. The summed E-state index contributed by atoms with van der Waals surface area (Å²) in [6.45, 7) is 4.24. The largest absolute Gasteiger partial charge is 0.366 e. The van der Waals surface area contributed by atoms with Crippen molar-refractivity contribution in [2.75, 3.05) is 31.1 Å². The lowest BCUT2D eigenvalue weighted by molar-refractivity contribution is 0.586. The summed E-state index contributed by atoms with van der Waals surface area (Å²) in [4.78, 5) is 11.5. The topological polar surface area (TPSA) is 41.1 Å². The van der Waals surface area contributed by atoms with E-state index in [4.69, 9.17) is 0 Å². The van der Waals surface area contributed by atoms with Crippen LogP contribution in [-0.4, -0.2) is 36.1 Å². The van der Waals surface area contributed by atoms with Crippen molar-refractivity contribution in [1.29, 1.82) is 0 Å². The van der Waals surface area contributed by atoms with Crippen LogP contribution < -0.4 is 10.2 Å². The highest BCUT2D eigenvalue weighted by atomic mass is 15.2. The molecule has 0 unspecified atom stereocenters. The van der Waals surface area contributed by atoms with Gasteiger partial charge >= 0.3 is 0 Å². The van der Waals surface area contributed by atoms with Gasteiger partial charge in [0.1, 0.15) is 5.82 Å². The van der Waals surface area contributed by atoms with Crippen LogP contribution in [0.1, 0.15) is 37.4 Å². The third-order valence-corrected chi connectivity index (χ3v) is 3.86. The minimum atomic E-state index is 0.618. The molecule has 4 nitrogen and oxygen atoms in total. The van der Waals surface area contributed by atoms with E-state index >= 15 is 0 Å². The second-order valence-corrected chi connectivity index (χ2v) is 5.02. The van der Waals surface area contributed by atoms with E-state index in [-0.39, 0.29) is 0 Å². The number of hydrogen-bond acceptors (Lipinski definition) is 4. The van der Waals surface area contributed by atoms with Crippen LogP contribution in [0.2, 0.25) is 0 Å². The molecule has 0 bridgehead atoms. The van der Waals surface area contributed by atoms with Gasteiger partial charge in [-0.25, -0.2) is 9.97 Å². The minimum absolute atomic E-state index is 0.618. The molecule has 1 saturated heterocycles. The number of nitrogens with zero attached hydrogens (tertiary/aromatic N) is 3. The SMILES string of the molecule is c1nc(C2CCCC2)ncc1N1CCNCC1. The van der Waals surface area contributed by atoms with Gasteiger partial charge in [0, 0.05) is 32.1 Å². The third kappa shape index (κ3) is 2.41. The van der Waals surface area contributed by atoms with Gasteiger partial charge in [0.2, 0.25) is 0 Å².